The molecule has 5 heteroatoms. The fourth-order valence-electron chi connectivity index (χ4n) is 3.22. The summed E-state index contributed by atoms with van der Waals surface area (Å²) in [6.45, 7) is 4.34. The second kappa shape index (κ2) is 6.77. The number of carbonyl (C=O) groups is 1. The third-order valence-corrected chi connectivity index (χ3v) is 5.05. The zero-order valence-corrected chi connectivity index (χ0v) is 14.3. The lowest BCUT2D eigenvalue weighted by Crippen LogP contribution is -2.40. The minimum atomic E-state index is 0.116. The highest BCUT2D eigenvalue weighted by atomic mass is 35.5. The summed E-state index contributed by atoms with van der Waals surface area (Å²) in [6, 6.07) is 6.51. The van der Waals surface area contributed by atoms with Crippen molar-refractivity contribution in [1.29, 1.82) is 0 Å². The van der Waals surface area contributed by atoms with Crippen LogP contribution in [-0.4, -0.2) is 36.0 Å². The van der Waals surface area contributed by atoms with Crippen LogP contribution in [0.25, 0.3) is 0 Å². The lowest BCUT2D eigenvalue weighted by molar-refractivity contribution is -0.121. The first-order valence-electron chi connectivity index (χ1n) is 7.99. The summed E-state index contributed by atoms with van der Waals surface area (Å²) < 4.78 is 0. The van der Waals surface area contributed by atoms with E-state index in [0.717, 1.165) is 24.7 Å². The summed E-state index contributed by atoms with van der Waals surface area (Å²) in [5, 5.41) is 4.43. The lowest BCUT2D eigenvalue weighted by Gasteiger charge is -2.17. The van der Waals surface area contributed by atoms with Crippen LogP contribution in [0.1, 0.15) is 31.7 Å². The van der Waals surface area contributed by atoms with Crippen molar-refractivity contribution in [3.05, 3.63) is 33.8 Å². The summed E-state index contributed by atoms with van der Waals surface area (Å²) in [5.41, 5.74) is 1.01. The van der Waals surface area contributed by atoms with E-state index < -0.39 is 0 Å². The number of hydrogen-bond donors (Lipinski definition) is 1. The molecule has 1 aliphatic heterocycles. The SMILES string of the molecule is CC1CN(C2CC2)CC1NC(=O)CCc1cc(Cl)cc(Cl)c1. The maximum atomic E-state index is 12.2. The molecule has 1 aromatic carbocycles. The number of likely N-dealkylation sites (tertiary alicyclic amines) is 1. The number of hydrogen-bond acceptors (Lipinski definition) is 2. The van der Waals surface area contributed by atoms with Crippen molar-refractivity contribution in [1.82, 2.24) is 10.2 Å². The Morgan fingerprint density at radius 1 is 1.23 bits per heavy atom. The molecule has 2 atom stereocenters. The van der Waals surface area contributed by atoms with Crippen molar-refractivity contribution in [3.8, 4) is 0 Å². The van der Waals surface area contributed by atoms with Crippen molar-refractivity contribution in [2.45, 2.75) is 44.7 Å². The molecule has 1 aliphatic carbocycles. The molecule has 2 fully saturated rings. The standard InChI is InChI=1S/C17H22Cl2N2O/c1-11-9-21(15-3-4-15)10-16(11)20-17(22)5-2-12-6-13(18)8-14(19)7-12/h6-8,11,15-16H,2-5,9-10H2,1H3,(H,20,22). The maximum absolute atomic E-state index is 12.2. The Bertz CT molecular complexity index is 539. The molecule has 0 aromatic heterocycles. The first kappa shape index (κ1) is 16.1. The number of carbonyl (C=O) groups excluding carboxylic acids is 1. The molecule has 0 spiro atoms. The smallest absolute Gasteiger partial charge is 0.220 e. The Kier molecular flexibility index (Phi) is 4.96. The second-order valence-electron chi connectivity index (χ2n) is 6.61. The summed E-state index contributed by atoms with van der Waals surface area (Å²) in [7, 11) is 0. The monoisotopic (exact) mass is 340 g/mol. The molecule has 22 heavy (non-hydrogen) atoms. The Hall–Kier alpha value is -0.770. The Balaban J connectivity index is 1.48. The van der Waals surface area contributed by atoms with E-state index in [2.05, 4.69) is 17.1 Å². The first-order chi connectivity index (χ1) is 10.5. The van der Waals surface area contributed by atoms with Gasteiger partial charge in [0, 0.05) is 41.6 Å². The molecule has 0 radical (unpaired) electrons. The number of halogens is 2. The van der Waals surface area contributed by atoms with E-state index in [1.807, 2.05) is 12.1 Å². The van der Waals surface area contributed by atoms with Crippen LogP contribution in [0.3, 0.4) is 0 Å². The van der Waals surface area contributed by atoms with Crippen molar-refractivity contribution < 1.29 is 4.79 Å². The molecule has 1 N–H and O–H groups in total. The van der Waals surface area contributed by atoms with Crippen LogP contribution in [0.4, 0.5) is 0 Å². The summed E-state index contributed by atoms with van der Waals surface area (Å²) in [5.74, 6) is 0.649. The number of aryl methyl sites for hydroxylation is 1. The third kappa shape index (κ3) is 4.15. The normalized spacial score (nSPS) is 25.4. The molecule has 1 aromatic rings. The van der Waals surface area contributed by atoms with Crippen molar-refractivity contribution in [2.24, 2.45) is 5.92 Å². The topological polar surface area (TPSA) is 32.3 Å². The highest BCUT2D eigenvalue weighted by Gasteiger charge is 2.38. The Morgan fingerprint density at radius 3 is 2.55 bits per heavy atom. The zero-order chi connectivity index (χ0) is 15.7. The summed E-state index contributed by atoms with van der Waals surface area (Å²) in [4.78, 5) is 14.7. The number of nitrogens with one attached hydrogen (secondary N) is 1. The van der Waals surface area contributed by atoms with Gasteiger partial charge in [0.25, 0.3) is 0 Å². The largest absolute Gasteiger partial charge is 0.352 e. The van der Waals surface area contributed by atoms with Gasteiger partial charge in [-0.1, -0.05) is 30.1 Å². The third-order valence-electron chi connectivity index (χ3n) is 4.61. The van der Waals surface area contributed by atoms with Gasteiger partial charge in [0.1, 0.15) is 0 Å². The van der Waals surface area contributed by atoms with E-state index in [4.69, 9.17) is 23.2 Å². The van der Waals surface area contributed by atoms with Gasteiger partial charge < -0.3 is 5.32 Å². The molecule has 3 nitrogen and oxygen atoms in total. The average molecular weight is 341 g/mol. The molecule has 1 saturated carbocycles. The molecular formula is C17H22Cl2N2O. The van der Waals surface area contributed by atoms with Crippen LogP contribution >= 0.6 is 23.2 Å². The van der Waals surface area contributed by atoms with Crippen molar-refractivity contribution >= 4 is 29.1 Å². The van der Waals surface area contributed by atoms with Gasteiger partial charge in [0.15, 0.2) is 0 Å². The van der Waals surface area contributed by atoms with E-state index in [1.165, 1.54) is 12.8 Å². The van der Waals surface area contributed by atoms with Crippen LogP contribution in [0.2, 0.25) is 10.0 Å². The van der Waals surface area contributed by atoms with E-state index in [1.54, 1.807) is 6.07 Å². The predicted octanol–water partition coefficient (Wildman–Crippen LogP) is 3.52. The Labute approximate surface area is 142 Å². The number of amides is 1. The van der Waals surface area contributed by atoms with E-state index in [-0.39, 0.29) is 11.9 Å². The molecule has 1 saturated heterocycles. The summed E-state index contributed by atoms with van der Waals surface area (Å²) >= 11 is 12.0. The van der Waals surface area contributed by atoms with E-state index in [9.17, 15) is 4.79 Å². The van der Waals surface area contributed by atoms with Crippen LogP contribution in [-0.2, 0) is 11.2 Å². The van der Waals surface area contributed by atoms with Crippen LogP contribution in [0.5, 0.6) is 0 Å². The van der Waals surface area contributed by atoms with Gasteiger partial charge >= 0.3 is 0 Å². The molecular weight excluding hydrogens is 319 g/mol. The first-order valence-corrected chi connectivity index (χ1v) is 8.75. The highest BCUT2D eigenvalue weighted by Crippen LogP contribution is 2.31. The number of nitrogens with zero attached hydrogens (tertiary/aromatic N) is 1. The van der Waals surface area contributed by atoms with Gasteiger partial charge in [0.2, 0.25) is 5.91 Å². The predicted molar refractivity (Wildman–Crippen MR) is 90.5 cm³/mol. The average Bonchev–Trinajstić information content (AvgIpc) is 3.22. The Morgan fingerprint density at radius 2 is 1.91 bits per heavy atom. The molecule has 1 amide bonds. The molecule has 2 aliphatic rings. The van der Waals surface area contributed by atoms with Gasteiger partial charge in [-0.25, -0.2) is 0 Å². The maximum Gasteiger partial charge on any atom is 0.220 e. The van der Waals surface area contributed by atoms with Crippen molar-refractivity contribution in [3.63, 3.8) is 0 Å². The summed E-state index contributed by atoms with van der Waals surface area (Å²) in [6.07, 6.45) is 3.79. The van der Waals surface area contributed by atoms with Gasteiger partial charge in [-0.2, -0.15) is 0 Å². The number of rotatable bonds is 5. The van der Waals surface area contributed by atoms with Crippen LogP contribution in [0, 0.1) is 5.92 Å². The minimum Gasteiger partial charge on any atom is -0.352 e. The number of benzene rings is 1. The van der Waals surface area contributed by atoms with Gasteiger partial charge in [-0.3, -0.25) is 9.69 Å². The zero-order valence-electron chi connectivity index (χ0n) is 12.8. The molecule has 120 valence electrons. The second-order valence-corrected chi connectivity index (χ2v) is 7.49. The van der Waals surface area contributed by atoms with Crippen molar-refractivity contribution in [2.75, 3.05) is 13.1 Å². The van der Waals surface area contributed by atoms with Gasteiger partial charge in [-0.15, -0.1) is 0 Å². The molecule has 3 rings (SSSR count). The van der Waals surface area contributed by atoms with E-state index >= 15 is 0 Å². The van der Waals surface area contributed by atoms with Gasteiger partial charge in [-0.05, 0) is 48.9 Å². The lowest BCUT2D eigenvalue weighted by atomic mass is 10.1. The molecule has 2 unspecified atom stereocenters. The fourth-order valence-corrected chi connectivity index (χ4v) is 3.79. The quantitative estimate of drug-likeness (QED) is 0.889. The van der Waals surface area contributed by atoms with Crippen LogP contribution in [0.15, 0.2) is 18.2 Å². The van der Waals surface area contributed by atoms with Crippen LogP contribution < -0.4 is 5.32 Å². The fraction of sp³-hybridized carbons (Fsp3) is 0.588. The van der Waals surface area contributed by atoms with Gasteiger partial charge in [0.05, 0.1) is 0 Å². The molecule has 0 bridgehead atoms. The minimum absolute atomic E-state index is 0.116. The highest BCUT2D eigenvalue weighted by molar-refractivity contribution is 6.34. The molecule has 1 heterocycles. The van der Waals surface area contributed by atoms with E-state index in [0.29, 0.717) is 28.8 Å².